The molecule has 0 aliphatic carbocycles. The van der Waals surface area contributed by atoms with Crippen LogP contribution in [0.2, 0.25) is 0 Å². The standard InChI is InChI=1S/C66H120N2O27/c1-5-7-9-11-13-15-17-19-21-23-25-27-29-31-41(74)40(68-46(75)32-30-28-26-24-22-20-18-16-14-12-10-8-6-2)37-86-63-56(84)53(81)58(44(35-71)91-63)92-66-57(85)61(50(78)43(34-70)89-66)95-62-47(67-39(4)73)60(94-65-55(83)52(80)49(77)42(33-69)88-65)59(45(36-72)90-62)93-64-54(82)51(79)48(76)38(3)87-64/h29,31,38,40-45,47-66,69-72,74,76-85H,5-28,30,32-37H2,1-4H3,(H,67,73)(H,68,75)/b31-29+/t38?,40-,41+,42?,43?,44?,45?,47?,48+,49-,50-,51?,52-,53+,54-,55?,56?,57?,58+,59+,60+,61-,62-,63+,64+,65-,66-/m0/s1. The third-order valence-electron chi connectivity index (χ3n) is 18.7. The molecule has 29 nitrogen and oxygen atoms in total. The van der Waals surface area contributed by atoms with E-state index < -0.39 is 205 Å². The van der Waals surface area contributed by atoms with Gasteiger partial charge in [0, 0.05) is 13.3 Å². The van der Waals surface area contributed by atoms with Crippen molar-refractivity contribution in [3.63, 3.8) is 0 Å². The van der Waals surface area contributed by atoms with Gasteiger partial charge in [-0.2, -0.15) is 0 Å². The third-order valence-corrected chi connectivity index (χ3v) is 18.7. The van der Waals surface area contributed by atoms with Crippen LogP contribution in [0.4, 0.5) is 0 Å². The normalized spacial score (nSPS) is 36.9. The Bertz CT molecular complexity index is 2090. The van der Waals surface area contributed by atoms with Crippen molar-refractivity contribution >= 4 is 11.8 Å². The van der Waals surface area contributed by atoms with Crippen molar-refractivity contribution in [1.82, 2.24) is 10.6 Å². The Labute approximate surface area is 559 Å². The molecule has 0 spiro atoms. The first-order chi connectivity index (χ1) is 45.7. The number of amides is 2. The summed E-state index contributed by atoms with van der Waals surface area (Å²) in [6, 6.07) is -2.84. The van der Waals surface area contributed by atoms with Crippen molar-refractivity contribution in [2.45, 2.75) is 360 Å². The zero-order valence-electron chi connectivity index (χ0n) is 56.3. The van der Waals surface area contributed by atoms with Gasteiger partial charge in [0.1, 0.15) is 116 Å². The van der Waals surface area contributed by atoms with Gasteiger partial charge in [0.2, 0.25) is 11.8 Å². The van der Waals surface area contributed by atoms with E-state index in [1.165, 1.54) is 103 Å². The van der Waals surface area contributed by atoms with Crippen molar-refractivity contribution < 1.29 is 134 Å². The average Bonchev–Trinajstić information content (AvgIpc) is 0.768. The number of nitrogens with one attached hydrogen (secondary N) is 2. The second-order valence-corrected chi connectivity index (χ2v) is 26.4. The fourth-order valence-corrected chi connectivity index (χ4v) is 12.8. The van der Waals surface area contributed by atoms with E-state index in [1.54, 1.807) is 6.08 Å². The largest absolute Gasteiger partial charge is 0.394 e. The maximum atomic E-state index is 13.5. The second kappa shape index (κ2) is 44.8. The number of carbonyl (C=O) groups is 2. The Hall–Kier alpha value is -2.32. The summed E-state index contributed by atoms with van der Waals surface area (Å²) >= 11 is 0. The molecule has 95 heavy (non-hydrogen) atoms. The molecule has 5 heterocycles. The minimum atomic E-state index is -2.19. The molecule has 5 rings (SSSR count). The maximum Gasteiger partial charge on any atom is 0.220 e. The van der Waals surface area contributed by atoms with Crippen LogP contribution in [0.3, 0.4) is 0 Å². The lowest BCUT2D eigenvalue weighted by Gasteiger charge is -2.51. The zero-order chi connectivity index (χ0) is 69.6. The summed E-state index contributed by atoms with van der Waals surface area (Å²) in [6.07, 6.45) is -13.5. The fraction of sp³-hybridized carbons (Fsp3) is 0.939. The van der Waals surface area contributed by atoms with Gasteiger partial charge in [-0.1, -0.05) is 167 Å². The van der Waals surface area contributed by atoms with E-state index in [1.807, 2.05) is 6.08 Å². The van der Waals surface area contributed by atoms with Crippen molar-refractivity contribution in [3.8, 4) is 0 Å². The number of unbranched alkanes of at least 4 members (excludes halogenated alkanes) is 23. The molecule has 17 N–H and O–H groups in total. The Morgan fingerprint density at radius 3 is 1.37 bits per heavy atom. The van der Waals surface area contributed by atoms with E-state index in [0.29, 0.717) is 12.8 Å². The number of hydrogen-bond acceptors (Lipinski definition) is 27. The topological polar surface area (TPSA) is 454 Å². The van der Waals surface area contributed by atoms with Gasteiger partial charge in [-0.3, -0.25) is 9.59 Å². The summed E-state index contributed by atoms with van der Waals surface area (Å²) in [4.78, 5) is 26.6. The number of hydrogen-bond donors (Lipinski definition) is 17. The monoisotopic (exact) mass is 1370 g/mol. The van der Waals surface area contributed by atoms with Gasteiger partial charge >= 0.3 is 0 Å². The summed E-state index contributed by atoms with van der Waals surface area (Å²) < 4.78 is 59.7. The van der Waals surface area contributed by atoms with Crippen molar-refractivity contribution in [2.75, 3.05) is 33.0 Å². The van der Waals surface area contributed by atoms with Gasteiger partial charge in [0.15, 0.2) is 31.5 Å². The first kappa shape index (κ1) is 83.3. The quantitative estimate of drug-likeness (QED) is 0.0279. The summed E-state index contributed by atoms with van der Waals surface area (Å²) in [5.41, 5.74) is 0. The molecule has 27 atom stereocenters. The molecule has 0 aromatic rings. The predicted molar refractivity (Wildman–Crippen MR) is 339 cm³/mol. The number of rotatable bonds is 45. The van der Waals surface area contributed by atoms with Crippen molar-refractivity contribution in [1.29, 1.82) is 0 Å². The molecule has 0 aromatic heterocycles. The highest BCUT2D eigenvalue weighted by Crippen LogP contribution is 2.37. The van der Waals surface area contributed by atoms with Crippen LogP contribution in [0, 0.1) is 0 Å². The SMILES string of the molecule is CCCCCCCCCCCCC/C=C/[C@@H](O)[C@H](CO[C@@H]1OC(CO)[C@@H](O[C@@H]2OC(CO)[C@H](O)[C@H](O[C@@H]3OC(CO)[C@@H](O[C@H]4OC(C)[C@@H](O)C(O)[C@@H]4O)[C@H](O[C@@H]4OC(CO)[C@H](O)[C@H](O)C4O)C3NC(C)=O)C2O)[C@H](O)C1O)NC(=O)CCCCCCCCCCCCCCC. The molecule has 556 valence electrons. The highest BCUT2D eigenvalue weighted by Gasteiger charge is 2.58. The van der Waals surface area contributed by atoms with Crippen molar-refractivity contribution in [2.24, 2.45) is 0 Å². The van der Waals surface area contributed by atoms with Gasteiger partial charge in [-0.15, -0.1) is 0 Å². The average molecular weight is 1370 g/mol. The van der Waals surface area contributed by atoms with E-state index in [2.05, 4.69) is 24.5 Å². The zero-order valence-corrected chi connectivity index (χ0v) is 56.3. The third kappa shape index (κ3) is 25.9. The predicted octanol–water partition coefficient (Wildman–Crippen LogP) is -0.145. The number of ether oxygens (including phenoxy) is 10. The number of allylic oxidation sites excluding steroid dienone is 1. The molecule has 29 heteroatoms. The van der Waals surface area contributed by atoms with Crippen LogP contribution >= 0.6 is 0 Å². The van der Waals surface area contributed by atoms with E-state index >= 15 is 0 Å². The van der Waals surface area contributed by atoms with Crippen LogP contribution in [0.25, 0.3) is 0 Å². The number of carbonyl (C=O) groups excluding carboxylic acids is 2. The van der Waals surface area contributed by atoms with E-state index in [-0.39, 0.29) is 12.3 Å². The molecular weight excluding hydrogens is 1250 g/mol. The molecule has 5 aliphatic rings. The molecule has 0 saturated carbocycles. The fourth-order valence-electron chi connectivity index (χ4n) is 12.8. The number of aliphatic hydroxyl groups excluding tert-OH is 15. The lowest BCUT2D eigenvalue weighted by Crippen LogP contribution is -2.71. The first-order valence-electron chi connectivity index (χ1n) is 35.3. The summed E-state index contributed by atoms with van der Waals surface area (Å²) in [5, 5.41) is 171. The first-order valence-corrected chi connectivity index (χ1v) is 35.3. The minimum absolute atomic E-state index is 0.189. The molecule has 0 aromatic carbocycles. The van der Waals surface area contributed by atoms with E-state index in [9.17, 15) is 86.2 Å². The van der Waals surface area contributed by atoms with Crippen LogP contribution in [0.15, 0.2) is 12.2 Å². The summed E-state index contributed by atoms with van der Waals surface area (Å²) in [6.45, 7) is 2.53. The molecule has 2 amide bonds. The summed E-state index contributed by atoms with van der Waals surface area (Å²) in [5.74, 6) is -1.18. The Kier molecular flexibility index (Phi) is 39.3. The van der Waals surface area contributed by atoms with Crippen LogP contribution in [0.5, 0.6) is 0 Å². The molecule has 0 bridgehead atoms. The van der Waals surface area contributed by atoms with Gasteiger partial charge in [0.25, 0.3) is 0 Å². The van der Waals surface area contributed by atoms with Crippen LogP contribution < -0.4 is 10.6 Å². The minimum Gasteiger partial charge on any atom is -0.394 e. The highest BCUT2D eigenvalue weighted by atomic mass is 16.8. The summed E-state index contributed by atoms with van der Waals surface area (Å²) in [7, 11) is 0. The van der Waals surface area contributed by atoms with Gasteiger partial charge < -0.3 is 135 Å². The Balaban J connectivity index is 1.28. The molecule has 5 fully saturated rings. The van der Waals surface area contributed by atoms with Crippen LogP contribution in [-0.2, 0) is 57.0 Å². The number of aliphatic hydroxyl groups is 15. The van der Waals surface area contributed by atoms with Gasteiger partial charge in [-0.05, 0) is 26.2 Å². The Morgan fingerprint density at radius 1 is 0.432 bits per heavy atom. The van der Waals surface area contributed by atoms with Crippen LogP contribution in [-0.4, -0.2) is 287 Å². The maximum absolute atomic E-state index is 13.5. The molecular formula is C66H120N2O27. The lowest BCUT2D eigenvalue weighted by molar-refractivity contribution is -0.391. The van der Waals surface area contributed by atoms with Gasteiger partial charge in [-0.25, -0.2) is 0 Å². The molecule has 0 radical (unpaired) electrons. The lowest BCUT2D eigenvalue weighted by atomic mass is 9.93. The molecule has 5 aliphatic heterocycles. The molecule has 5 saturated heterocycles. The Morgan fingerprint density at radius 2 is 0.842 bits per heavy atom. The van der Waals surface area contributed by atoms with Gasteiger partial charge in [0.05, 0.1) is 51.3 Å². The highest BCUT2D eigenvalue weighted by molar-refractivity contribution is 5.76. The second-order valence-electron chi connectivity index (χ2n) is 26.4. The molecule has 10 unspecified atom stereocenters. The smallest absolute Gasteiger partial charge is 0.220 e. The van der Waals surface area contributed by atoms with E-state index in [0.717, 1.165) is 58.3 Å². The van der Waals surface area contributed by atoms with Crippen molar-refractivity contribution in [3.05, 3.63) is 12.2 Å². The van der Waals surface area contributed by atoms with E-state index in [4.69, 9.17) is 47.4 Å². The van der Waals surface area contributed by atoms with Crippen LogP contribution in [0.1, 0.15) is 195 Å².